The zero-order valence-corrected chi connectivity index (χ0v) is 13.4. The topological polar surface area (TPSA) is 44.8 Å². The van der Waals surface area contributed by atoms with E-state index in [1.807, 2.05) is 11.8 Å². The minimum absolute atomic E-state index is 0.0457. The van der Waals surface area contributed by atoms with Gasteiger partial charge in [-0.2, -0.15) is 0 Å². The highest BCUT2D eigenvalue weighted by Gasteiger charge is 2.33. The number of carbonyl (C=O) groups excluding carboxylic acids is 1. The first-order valence-electron chi connectivity index (χ1n) is 8.11. The second-order valence-corrected chi connectivity index (χ2v) is 6.11. The van der Waals surface area contributed by atoms with Gasteiger partial charge < -0.3 is 19.9 Å². The van der Waals surface area contributed by atoms with Crippen LogP contribution >= 0.6 is 0 Å². The number of piperazine rings is 1. The molecule has 0 bridgehead atoms. The quantitative estimate of drug-likeness (QED) is 0.886. The Labute approximate surface area is 132 Å². The van der Waals surface area contributed by atoms with Gasteiger partial charge in [0, 0.05) is 38.4 Å². The fourth-order valence-corrected chi connectivity index (χ4v) is 3.29. The van der Waals surface area contributed by atoms with Gasteiger partial charge in [-0.1, -0.05) is 18.2 Å². The van der Waals surface area contributed by atoms with Crippen molar-refractivity contribution in [3.63, 3.8) is 0 Å². The first-order valence-corrected chi connectivity index (χ1v) is 8.11. The normalized spacial score (nSPS) is 26.1. The van der Waals surface area contributed by atoms with Gasteiger partial charge in [-0.05, 0) is 25.5 Å². The average molecular weight is 303 g/mol. The maximum atomic E-state index is 12.6. The smallest absolute Gasteiger partial charge is 0.242 e. The molecule has 3 rings (SSSR count). The van der Waals surface area contributed by atoms with Crippen molar-refractivity contribution in [3.8, 4) is 0 Å². The van der Waals surface area contributed by atoms with Crippen LogP contribution in [0.25, 0.3) is 0 Å². The van der Waals surface area contributed by atoms with E-state index in [0.717, 1.165) is 32.7 Å². The number of anilines is 1. The highest BCUT2D eigenvalue weighted by atomic mass is 16.5. The molecule has 0 aromatic heterocycles. The number of nitrogens with zero attached hydrogens (tertiary/aromatic N) is 2. The fourth-order valence-electron chi connectivity index (χ4n) is 3.29. The predicted octanol–water partition coefficient (Wildman–Crippen LogP) is 1.02. The summed E-state index contributed by atoms with van der Waals surface area (Å²) in [4.78, 5) is 17.0. The van der Waals surface area contributed by atoms with Crippen molar-refractivity contribution in [1.82, 2.24) is 10.2 Å². The number of para-hydroxylation sites is 1. The first-order chi connectivity index (χ1) is 10.7. The van der Waals surface area contributed by atoms with Crippen molar-refractivity contribution in [2.24, 2.45) is 0 Å². The number of ether oxygens (including phenoxy) is 1. The van der Waals surface area contributed by atoms with Crippen LogP contribution in [-0.2, 0) is 9.53 Å². The highest BCUT2D eigenvalue weighted by molar-refractivity contribution is 5.83. The Morgan fingerprint density at radius 2 is 1.95 bits per heavy atom. The molecular formula is C17H25N3O2. The molecule has 0 unspecified atom stereocenters. The third kappa shape index (κ3) is 3.10. The molecule has 0 saturated carbocycles. The number of morpholine rings is 1. The number of carbonyl (C=O) groups is 1. The second kappa shape index (κ2) is 6.67. The van der Waals surface area contributed by atoms with Gasteiger partial charge >= 0.3 is 0 Å². The summed E-state index contributed by atoms with van der Waals surface area (Å²) in [7, 11) is 0. The van der Waals surface area contributed by atoms with Crippen molar-refractivity contribution < 1.29 is 9.53 Å². The van der Waals surface area contributed by atoms with E-state index in [2.05, 4.69) is 41.4 Å². The number of aryl methyl sites for hydroxylation is 1. The summed E-state index contributed by atoms with van der Waals surface area (Å²) >= 11 is 0. The first kappa shape index (κ1) is 15.3. The molecule has 5 heteroatoms. The summed E-state index contributed by atoms with van der Waals surface area (Å²) < 4.78 is 5.59. The molecule has 2 aliphatic rings. The molecular weight excluding hydrogens is 278 g/mol. The van der Waals surface area contributed by atoms with E-state index in [-0.39, 0.29) is 18.1 Å². The van der Waals surface area contributed by atoms with E-state index in [9.17, 15) is 4.79 Å². The Morgan fingerprint density at radius 3 is 2.64 bits per heavy atom. The van der Waals surface area contributed by atoms with E-state index in [1.165, 1.54) is 11.3 Å². The van der Waals surface area contributed by atoms with Crippen molar-refractivity contribution in [3.05, 3.63) is 29.8 Å². The SMILES string of the molecule is Cc1ccccc1N1CCN(C(=O)[C@H]2NCCO[C@@H]2C)CC1. The van der Waals surface area contributed by atoms with Gasteiger partial charge in [0.05, 0.1) is 12.7 Å². The summed E-state index contributed by atoms with van der Waals surface area (Å²) in [5.74, 6) is 0.177. The Balaban J connectivity index is 1.59. The highest BCUT2D eigenvalue weighted by Crippen LogP contribution is 2.21. The molecule has 22 heavy (non-hydrogen) atoms. The molecule has 2 heterocycles. The van der Waals surface area contributed by atoms with Crippen LogP contribution in [0.2, 0.25) is 0 Å². The summed E-state index contributed by atoms with van der Waals surface area (Å²) in [6.07, 6.45) is -0.0457. The summed E-state index contributed by atoms with van der Waals surface area (Å²) in [5.41, 5.74) is 2.57. The van der Waals surface area contributed by atoms with E-state index < -0.39 is 0 Å². The molecule has 0 radical (unpaired) electrons. The lowest BCUT2D eigenvalue weighted by atomic mass is 10.1. The molecule has 1 amide bonds. The average Bonchev–Trinajstić information content (AvgIpc) is 2.55. The van der Waals surface area contributed by atoms with Crippen LogP contribution < -0.4 is 10.2 Å². The van der Waals surface area contributed by atoms with Gasteiger partial charge in [-0.15, -0.1) is 0 Å². The molecule has 1 aromatic rings. The maximum absolute atomic E-state index is 12.6. The molecule has 5 nitrogen and oxygen atoms in total. The molecule has 2 saturated heterocycles. The van der Waals surface area contributed by atoms with Crippen molar-refractivity contribution in [2.75, 3.05) is 44.2 Å². The molecule has 1 aromatic carbocycles. The number of hydrogen-bond donors (Lipinski definition) is 1. The Kier molecular flexibility index (Phi) is 4.64. The van der Waals surface area contributed by atoms with Gasteiger partial charge in [0.1, 0.15) is 6.04 Å². The largest absolute Gasteiger partial charge is 0.375 e. The van der Waals surface area contributed by atoms with E-state index >= 15 is 0 Å². The van der Waals surface area contributed by atoms with Crippen LogP contribution in [0.4, 0.5) is 5.69 Å². The van der Waals surface area contributed by atoms with Gasteiger partial charge in [-0.25, -0.2) is 0 Å². The lowest BCUT2D eigenvalue weighted by molar-refractivity contribution is -0.139. The van der Waals surface area contributed by atoms with Crippen LogP contribution in [0, 0.1) is 6.92 Å². The molecule has 0 spiro atoms. The fraction of sp³-hybridized carbons (Fsp3) is 0.588. The lowest BCUT2D eigenvalue weighted by Gasteiger charge is -2.40. The zero-order valence-electron chi connectivity index (χ0n) is 13.4. The second-order valence-electron chi connectivity index (χ2n) is 6.11. The van der Waals surface area contributed by atoms with Gasteiger partial charge in [0.15, 0.2) is 0 Å². The van der Waals surface area contributed by atoms with Crippen LogP contribution in [0.5, 0.6) is 0 Å². The van der Waals surface area contributed by atoms with E-state index in [1.54, 1.807) is 0 Å². The van der Waals surface area contributed by atoms with E-state index in [4.69, 9.17) is 4.74 Å². The molecule has 2 fully saturated rings. The van der Waals surface area contributed by atoms with Crippen molar-refractivity contribution in [2.45, 2.75) is 26.0 Å². The number of rotatable bonds is 2. The van der Waals surface area contributed by atoms with Gasteiger partial charge in [-0.3, -0.25) is 4.79 Å². The lowest BCUT2D eigenvalue weighted by Crippen LogP contribution is -2.59. The molecule has 120 valence electrons. The minimum Gasteiger partial charge on any atom is -0.375 e. The predicted molar refractivity (Wildman–Crippen MR) is 87.2 cm³/mol. The third-order valence-corrected chi connectivity index (χ3v) is 4.63. The van der Waals surface area contributed by atoms with Crippen molar-refractivity contribution >= 4 is 11.6 Å². The van der Waals surface area contributed by atoms with Crippen LogP contribution in [0.3, 0.4) is 0 Å². The third-order valence-electron chi connectivity index (χ3n) is 4.63. The molecule has 0 aliphatic carbocycles. The maximum Gasteiger partial charge on any atom is 0.242 e. The van der Waals surface area contributed by atoms with Crippen LogP contribution in [-0.4, -0.2) is 62.3 Å². The molecule has 2 atom stereocenters. The number of amides is 1. The number of nitrogens with one attached hydrogen (secondary N) is 1. The minimum atomic E-state index is -0.196. The Hall–Kier alpha value is -1.59. The Bertz CT molecular complexity index is 526. The number of hydrogen-bond acceptors (Lipinski definition) is 4. The zero-order chi connectivity index (χ0) is 15.5. The summed E-state index contributed by atoms with van der Waals surface area (Å²) in [5, 5.41) is 3.29. The van der Waals surface area contributed by atoms with Gasteiger partial charge in [0.25, 0.3) is 0 Å². The van der Waals surface area contributed by atoms with Crippen molar-refractivity contribution in [1.29, 1.82) is 0 Å². The summed E-state index contributed by atoms with van der Waals surface area (Å²) in [6, 6.07) is 8.24. The van der Waals surface area contributed by atoms with Crippen LogP contribution in [0.1, 0.15) is 12.5 Å². The van der Waals surface area contributed by atoms with Crippen LogP contribution in [0.15, 0.2) is 24.3 Å². The molecule has 1 N–H and O–H groups in total. The summed E-state index contributed by atoms with van der Waals surface area (Å²) in [6.45, 7) is 8.87. The molecule has 2 aliphatic heterocycles. The monoisotopic (exact) mass is 303 g/mol. The van der Waals surface area contributed by atoms with E-state index in [0.29, 0.717) is 6.61 Å². The Morgan fingerprint density at radius 1 is 1.23 bits per heavy atom. The standard InChI is InChI=1S/C17H25N3O2/c1-13-5-3-4-6-15(13)19-8-10-20(11-9-19)17(21)16-14(2)22-12-7-18-16/h3-6,14,16,18H,7-12H2,1-2H3/t14-,16+/m1/s1. The number of benzene rings is 1. The van der Waals surface area contributed by atoms with Gasteiger partial charge in [0.2, 0.25) is 5.91 Å².